The van der Waals surface area contributed by atoms with Gasteiger partial charge in [-0.2, -0.15) is 5.10 Å². The molecule has 164 valence electrons. The van der Waals surface area contributed by atoms with Crippen molar-refractivity contribution in [2.75, 3.05) is 26.9 Å². The molecule has 0 unspecified atom stereocenters. The standard InChI is InChI=1S/C22H25N3O6/c1-4-30-21(27)14-31-18-10-7-16(11-19(18)29-3)12-24-25-20(26)13-23-22(28)17-8-5-15(2)6-9-17/h5-12H,4,13-14H2,1-3H3,(H,23,28)(H,25,26)/b24-12-. The molecule has 2 aromatic rings. The summed E-state index contributed by atoms with van der Waals surface area (Å²) in [6, 6.07) is 11.9. The van der Waals surface area contributed by atoms with Crippen LogP contribution in [0.1, 0.15) is 28.4 Å². The number of hydrogen-bond donors (Lipinski definition) is 2. The zero-order valence-electron chi connectivity index (χ0n) is 17.6. The predicted molar refractivity (Wildman–Crippen MR) is 114 cm³/mol. The highest BCUT2D eigenvalue weighted by molar-refractivity contribution is 5.96. The van der Waals surface area contributed by atoms with Gasteiger partial charge in [0.1, 0.15) is 0 Å². The third-order valence-electron chi connectivity index (χ3n) is 3.96. The lowest BCUT2D eigenvalue weighted by Crippen LogP contribution is -2.34. The smallest absolute Gasteiger partial charge is 0.344 e. The Morgan fingerprint density at radius 2 is 1.81 bits per heavy atom. The second-order valence-corrected chi connectivity index (χ2v) is 6.35. The summed E-state index contributed by atoms with van der Waals surface area (Å²) >= 11 is 0. The monoisotopic (exact) mass is 427 g/mol. The summed E-state index contributed by atoms with van der Waals surface area (Å²) in [4.78, 5) is 35.3. The summed E-state index contributed by atoms with van der Waals surface area (Å²) < 4.78 is 15.4. The van der Waals surface area contributed by atoms with Gasteiger partial charge in [-0.25, -0.2) is 10.2 Å². The van der Waals surface area contributed by atoms with Crippen molar-refractivity contribution >= 4 is 24.0 Å². The number of nitrogens with one attached hydrogen (secondary N) is 2. The van der Waals surface area contributed by atoms with E-state index in [9.17, 15) is 14.4 Å². The molecular weight excluding hydrogens is 402 g/mol. The average Bonchev–Trinajstić information content (AvgIpc) is 2.77. The van der Waals surface area contributed by atoms with Gasteiger partial charge in [-0.1, -0.05) is 17.7 Å². The van der Waals surface area contributed by atoms with Crippen LogP contribution in [0.15, 0.2) is 47.6 Å². The summed E-state index contributed by atoms with van der Waals surface area (Å²) in [5.74, 6) is -0.534. The third kappa shape index (κ3) is 7.81. The number of hydrazone groups is 1. The van der Waals surface area contributed by atoms with E-state index in [1.807, 2.05) is 19.1 Å². The zero-order valence-corrected chi connectivity index (χ0v) is 17.6. The molecule has 9 nitrogen and oxygen atoms in total. The summed E-state index contributed by atoms with van der Waals surface area (Å²) in [6.45, 7) is 3.46. The van der Waals surface area contributed by atoms with Crippen LogP contribution in [-0.4, -0.2) is 50.9 Å². The maximum atomic E-state index is 12.0. The zero-order chi connectivity index (χ0) is 22.6. The minimum absolute atomic E-state index is 0.214. The van der Waals surface area contributed by atoms with Crippen molar-refractivity contribution in [2.24, 2.45) is 5.10 Å². The van der Waals surface area contributed by atoms with Gasteiger partial charge in [0.25, 0.3) is 11.8 Å². The van der Waals surface area contributed by atoms with E-state index < -0.39 is 11.9 Å². The van der Waals surface area contributed by atoms with Gasteiger partial charge in [0.15, 0.2) is 18.1 Å². The highest BCUT2D eigenvalue weighted by Gasteiger charge is 2.09. The number of esters is 1. The van der Waals surface area contributed by atoms with E-state index in [4.69, 9.17) is 14.2 Å². The third-order valence-corrected chi connectivity index (χ3v) is 3.96. The van der Waals surface area contributed by atoms with Gasteiger partial charge in [0.05, 0.1) is 26.5 Å². The Morgan fingerprint density at radius 1 is 1.06 bits per heavy atom. The van der Waals surface area contributed by atoms with Crippen molar-refractivity contribution in [2.45, 2.75) is 13.8 Å². The second-order valence-electron chi connectivity index (χ2n) is 6.35. The van der Waals surface area contributed by atoms with Crippen LogP contribution >= 0.6 is 0 Å². The Hall–Kier alpha value is -3.88. The van der Waals surface area contributed by atoms with Crippen molar-refractivity contribution in [1.82, 2.24) is 10.7 Å². The number of amides is 2. The van der Waals surface area contributed by atoms with Crippen LogP contribution < -0.4 is 20.2 Å². The molecule has 0 aliphatic heterocycles. The molecule has 2 rings (SSSR count). The summed E-state index contributed by atoms with van der Waals surface area (Å²) in [6.07, 6.45) is 1.41. The Labute approximate surface area is 180 Å². The molecule has 0 radical (unpaired) electrons. The maximum Gasteiger partial charge on any atom is 0.344 e. The molecule has 0 atom stereocenters. The summed E-state index contributed by atoms with van der Waals surface area (Å²) in [7, 11) is 1.46. The predicted octanol–water partition coefficient (Wildman–Crippen LogP) is 1.83. The lowest BCUT2D eigenvalue weighted by atomic mass is 10.1. The van der Waals surface area contributed by atoms with Crippen LogP contribution in [-0.2, 0) is 14.3 Å². The summed E-state index contributed by atoms with van der Waals surface area (Å²) in [5, 5.41) is 6.39. The van der Waals surface area contributed by atoms with Gasteiger partial charge >= 0.3 is 5.97 Å². The number of carbonyl (C=O) groups excluding carboxylic acids is 3. The van der Waals surface area contributed by atoms with E-state index in [1.54, 1.807) is 37.3 Å². The van der Waals surface area contributed by atoms with Gasteiger partial charge in [-0.05, 0) is 49.7 Å². The minimum Gasteiger partial charge on any atom is -0.493 e. The van der Waals surface area contributed by atoms with E-state index in [0.717, 1.165) is 5.56 Å². The molecule has 0 saturated heterocycles. The molecule has 2 aromatic carbocycles. The average molecular weight is 427 g/mol. The molecule has 0 fully saturated rings. The molecule has 0 saturated carbocycles. The molecule has 0 bridgehead atoms. The molecule has 0 spiro atoms. The fourth-order valence-electron chi connectivity index (χ4n) is 2.41. The Balaban J connectivity index is 1.84. The van der Waals surface area contributed by atoms with Crippen molar-refractivity contribution < 1.29 is 28.6 Å². The van der Waals surface area contributed by atoms with E-state index in [0.29, 0.717) is 22.6 Å². The Bertz CT molecular complexity index is 941. The first-order valence-electron chi connectivity index (χ1n) is 9.56. The number of methoxy groups -OCH3 is 1. The first-order valence-corrected chi connectivity index (χ1v) is 9.56. The minimum atomic E-state index is -0.479. The van der Waals surface area contributed by atoms with Gasteiger partial charge in [-0.3, -0.25) is 9.59 Å². The lowest BCUT2D eigenvalue weighted by Gasteiger charge is -2.10. The number of rotatable bonds is 10. The SMILES string of the molecule is CCOC(=O)COc1ccc(/C=N\NC(=O)CNC(=O)c2ccc(C)cc2)cc1OC. The molecule has 0 aromatic heterocycles. The fourth-order valence-corrected chi connectivity index (χ4v) is 2.41. The number of carbonyl (C=O) groups is 3. The normalized spacial score (nSPS) is 10.4. The van der Waals surface area contributed by atoms with E-state index >= 15 is 0 Å². The molecule has 31 heavy (non-hydrogen) atoms. The van der Waals surface area contributed by atoms with Crippen molar-refractivity contribution in [3.8, 4) is 11.5 Å². The van der Waals surface area contributed by atoms with Crippen molar-refractivity contribution in [3.63, 3.8) is 0 Å². The number of aryl methyl sites for hydroxylation is 1. The molecule has 9 heteroatoms. The number of benzene rings is 2. The largest absolute Gasteiger partial charge is 0.493 e. The van der Waals surface area contributed by atoms with Gasteiger partial charge < -0.3 is 19.5 Å². The second kappa shape index (κ2) is 12.0. The van der Waals surface area contributed by atoms with Crippen LogP contribution in [0.25, 0.3) is 0 Å². The van der Waals surface area contributed by atoms with E-state index in [2.05, 4.69) is 15.8 Å². The Kier molecular flexibility index (Phi) is 9.03. The Morgan fingerprint density at radius 3 is 2.48 bits per heavy atom. The molecular formula is C22H25N3O6. The molecule has 0 heterocycles. The van der Waals surface area contributed by atoms with Crippen molar-refractivity contribution in [3.05, 3.63) is 59.2 Å². The van der Waals surface area contributed by atoms with E-state index in [1.165, 1.54) is 13.3 Å². The van der Waals surface area contributed by atoms with Crippen LogP contribution in [0.3, 0.4) is 0 Å². The molecule has 0 aliphatic carbocycles. The number of nitrogens with zero attached hydrogens (tertiary/aromatic N) is 1. The molecule has 2 amide bonds. The molecule has 2 N–H and O–H groups in total. The first kappa shape index (κ1) is 23.4. The summed E-state index contributed by atoms with van der Waals surface area (Å²) in [5.41, 5.74) is 4.48. The highest BCUT2D eigenvalue weighted by Crippen LogP contribution is 2.27. The number of hydrogen-bond acceptors (Lipinski definition) is 7. The van der Waals surface area contributed by atoms with Crippen LogP contribution in [0.2, 0.25) is 0 Å². The van der Waals surface area contributed by atoms with Gasteiger partial charge in [-0.15, -0.1) is 0 Å². The maximum absolute atomic E-state index is 12.0. The lowest BCUT2D eigenvalue weighted by molar-refractivity contribution is -0.145. The van der Waals surface area contributed by atoms with Crippen LogP contribution in [0.4, 0.5) is 0 Å². The molecule has 0 aliphatic rings. The first-order chi connectivity index (χ1) is 14.9. The fraction of sp³-hybridized carbons (Fsp3) is 0.273. The van der Waals surface area contributed by atoms with Gasteiger partial charge in [0, 0.05) is 5.56 Å². The quantitative estimate of drug-likeness (QED) is 0.340. The van der Waals surface area contributed by atoms with Crippen LogP contribution in [0.5, 0.6) is 11.5 Å². The van der Waals surface area contributed by atoms with Crippen LogP contribution in [0, 0.1) is 6.92 Å². The highest BCUT2D eigenvalue weighted by atomic mass is 16.6. The number of ether oxygens (including phenoxy) is 3. The van der Waals surface area contributed by atoms with Gasteiger partial charge in [0.2, 0.25) is 0 Å². The van der Waals surface area contributed by atoms with Crippen molar-refractivity contribution in [1.29, 1.82) is 0 Å². The topological polar surface area (TPSA) is 115 Å². The van der Waals surface area contributed by atoms with E-state index in [-0.39, 0.29) is 25.7 Å².